The van der Waals surface area contributed by atoms with E-state index in [2.05, 4.69) is 38.5 Å². The molecule has 3 nitrogen and oxygen atoms in total. The number of halogens is 2. The maximum atomic E-state index is 13.5. The number of hydrogen-bond donors (Lipinski definition) is 0. The molecule has 0 N–H and O–H groups in total. The Kier molecular flexibility index (Phi) is 6.39. The topological polar surface area (TPSA) is 29.5 Å². The second kappa shape index (κ2) is 9.18. The molecular formula is C25H19BrINO2. The third-order valence-corrected chi connectivity index (χ3v) is 6.26. The summed E-state index contributed by atoms with van der Waals surface area (Å²) in [6, 6.07) is 23.8. The zero-order valence-electron chi connectivity index (χ0n) is 16.3. The van der Waals surface area contributed by atoms with Crippen LogP contribution in [0, 0.1) is 3.57 Å². The smallest absolute Gasteiger partial charge is 0.262 e. The summed E-state index contributed by atoms with van der Waals surface area (Å²) in [5.41, 5.74) is 4.34. The highest BCUT2D eigenvalue weighted by atomic mass is 127. The first kappa shape index (κ1) is 20.9. The fraction of sp³-hybridized carbons (Fsp3) is 0.0800. The first-order valence-electron chi connectivity index (χ1n) is 9.58. The number of hydrogen-bond acceptors (Lipinski definition) is 2. The number of benzene rings is 3. The summed E-state index contributed by atoms with van der Waals surface area (Å²) >= 11 is 5.83. The molecule has 0 spiro atoms. The standard InChI is InChI=1S/C25H19BrINO2/c1-2-30-24-13-12-17(15-20(24)26)14-19-16-23(18-8-4-3-5-9-18)28(25(19)29)22-11-7-6-10-21(22)27/h3-16H,2H2,1H3/b19-14+. The molecule has 1 aliphatic heterocycles. The predicted molar refractivity (Wildman–Crippen MR) is 134 cm³/mol. The fourth-order valence-corrected chi connectivity index (χ4v) is 4.51. The molecule has 0 unspecified atom stereocenters. The number of carbonyl (C=O) groups excluding carboxylic acids is 1. The minimum absolute atomic E-state index is 0.0389. The molecule has 0 aromatic heterocycles. The van der Waals surface area contributed by atoms with Crippen molar-refractivity contribution in [3.05, 3.63) is 104 Å². The molecule has 0 atom stereocenters. The van der Waals surface area contributed by atoms with E-state index in [1.165, 1.54) is 0 Å². The van der Waals surface area contributed by atoms with Gasteiger partial charge >= 0.3 is 0 Å². The first-order valence-corrected chi connectivity index (χ1v) is 11.5. The molecule has 0 saturated carbocycles. The molecule has 4 rings (SSSR count). The van der Waals surface area contributed by atoms with Gasteiger partial charge in [-0.05, 0) is 93.0 Å². The number of carbonyl (C=O) groups is 1. The van der Waals surface area contributed by atoms with Crippen LogP contribution in [0.5, 0.6) is 5.75 Å². The van der Waals surface area contributed by atoms with Gasteiger partial charge < -0.3 is 4.74 Å². The molecule has 1 amide bonds. The van der Waals surface area contributed by atoms with E-state index in [1.807, 2.05) is 91.9 Å². The van der Waals surface area contributed by atoms with Crippen LogP contribution in [0.1, 0.15) is 18.1 Å². The van der Waals surface area contributed by atoms with E-state index in [-0.39, 0.29) is 5.91 Å². The molecule has 0 fully saturated rings. The van der Waals surface area contributed by atoms with Crippen molar-refractivity contribution in [3.8, 4) is 5.75 Å². The lowest BCUT2D eigenvalue weighted by atomic mass is 10.1. The van der Waals surface area contributed by atoms with E-state index >= 15 is 0 Å². The van der Waals surface area contributed by atoms with Crippen LogP contribution in [0.4, 0.5) is 5.69 Å². The SMILES string of the molecule is CCOc1ccc(/C=C2\C=C(c3ccccc3)N(c3ccccc3I)C2=O)cc1Br. The minimum Gasteiger partial charge on any atom is -0.493 e. The molecule has 0 saturated heterocycles. The van der Waals surface area contributed by atoms with Crippen molar-refractivity contribution in [1.29, 1.82) is 0 Å². The number of para-hydroxylation sites is 1. The van der Waals surface area contributed by atoms with Crippen molar-refractivity contribution in [2.75, 3.05) is 11.5 Å². The summed E-state index contributed by atoms with van der Waals surface area (Å²) in [4.78, 5) is 15.3. The fourth-order valence-electron chi connectivity index (χ4n) is 3.37. The Morgan fingerprint density at radius 3 is 2.47 bits per heavy atom. The molecular weight excluding hydrogens is 553 g/mol. The maximum absolute atomic E-state index is 13.5. The molecule has 0 aliphatic carbocycles. The summed E-state index contributed by atoms with van der Waals surface area (Å²) < 4.78 is 7.48. The Balaban J connectivity index is 1.79. The zero-order chi connectivity index (χ0) is 21.1. The molecule has 3 aromatic carbocycles. The van der Waals surface area contributed by atoms with Crippen molar-refractivity contribution >= 4 is 61.9 Å². The second-order valence-corrected chi connectivity index (χ2v) is 8.73. The lowest BCUT2D eigenvalue weighted by molar-refractivity contribution is -0.113. The number of rotatable bonds is 5. The average Bonchev–Trinajstić information content (AvgIpc) is 3.07. The van der Waals surface area contributed by atoms with Gasteiger partial charge in [-0.25, -0.2) is 0 Å². The molecule has 1 aliphatic rings. The Morgan fingerprint density at radius 2 is 1.77 bits per heavy atom. The highest BCUT2D eigenvalue weighted by Crippen LogP contribution is 2.37. The largest absolute Gasteiger partial charge is 0.493 e. The Morgan fingerprint density at radius 1 is 1.03 bits per heavy atom. The van der Waals surface area contributed by atoms with Crippen LogP contribution in [-0.4, -0.2) is 12.5 Å². The van der Waals surface area contributed by atoms with Gasteiger partial charge in [0.2, 0.25) is 0 Å². The van der Waals surface area contributed by atoms with Crippen LogP contribution in [0.3, 0.4) is 0 Å². The van der Waals surface area contributed by atoms with Crippen LogP contribution < -0.4 is 9.64 Å². The first-order chi connectivity index (χ1) is 14.6. The van der Waals surface area contributed by atoms with Crippen LogP contribution in [0.15, 0.2) is 88.9 Å². The van der Waals surface area contributed by atoms with E-state index in [0.29, 0.717) is 12.2 Å². The molecule has 3 aromatic rings. The highest BCUT2D eigenvalue weighted by molar-refractivity contribution is 14.1. The predicted octanol–water partition coefficient (Wildman–Crippen LogP) is 6.92. The lowest BCUT2D eigenvalue weighted by Gasteiger charge is -2.22. The van der Waals surface area contributed by atoms with E-state index < -0.39 is 0 Å². The van der Waals surface area contributed by atoms with Crippen LogP contribution in [0.2, 0.25) is 0 Å². The molecule has 150 valence electrons. The van der Waals surface area contributed by atoms with Crippen molar-refractivity contribution < 1.29 is 9.53 Å². The van der Waals surface area contributed by atoms with Gasteiger partial charge in [-0.15, -0.1) is 0 Å². The van der Waals surface area contributed by atoms with E-state index in [1.54, 1.807) is 4.90 Å². The molecule has 0 radical (unpaired) electrons. The van der Waals surface area contributed by atoms with E-state index in [0.717, 1.165) is 36.3 Å². The molecule has 5 heteroatoms. The second-order valence-electron chi connectivity index (χ2n) is 6.71. The summed E-state index contributed by atoms with van der Waals surface area (Å²) in [7, 11) is 0. The van der Waals surface area contributed by atoms with Crippen molar-refractivity contribution in [2.45, 2.75) is 6.92 Å². The van der Waals surface area contributed by atoms with Crippen LogP contribution in [-0.2, 0) is 4.79 Å². The summed E-state index contributed by atoms with van der Waals surface area (Å²) in [5, 5.41) is 0. The highest BCUT2D eigenvalue weighted by Gasteiger charge is 2.31. The van der Waals surface area contributed by atoms with E-state index in [9.17, 15) is 4.79 Å². The third-order valence-electron chi connectivity index (χ3n) is 4.72. The number of anilines is 1. The van der Waals surface area contributed by atoms with E-state index in [4.69, 9.17) is 4.74 Å². The van der Waals surface area contributed by atoms with Crippen LogP contribution in [0.25, 0.3) is 11.8 Å². The maximum Gasteiger partial charge on any atom is 0.262 e. The summed E-state index contributed by atoms with van der Waals surface area (Å²) in [6.45, 7) is 2.56. The Hall–Kier alpha value is -2.38. The number of amides is 1. The van der Waals surface area contributed by atoms with Gasteiger partial charge in [0, 0.05) is 9.14 Å². The lowest BCUT2D eigenvalue weighted by Crippen LogP contribution is -2.25. The monoisotopic (exact) mass is 571 g/mol. The molecule has 1 heterocycles. The van der Waals surface area contributed by atoms with Crippen molar-refractivity contribution in [3.63, 3.8) is 0 Å². The molecule has 0 bridgehead atoms. The molecule has 30 heavy (non-hydrogen) atoms. The minimum atomic E-state index is -0.0389. The number of nitrogens with zero attached hydrogens (tertiary/aromatic N) is 1. The normalized spacial score (nSPS) is 14.9. The van der Waals surface area contributed by atoms with Crippen LogP contribution >= 0.6 is 38.5 Å². The van der Waals surface area contributed by atoms with Crippen molar-refractivity contribution in [2.24, 2.45) is 0 Å². The van der Waals surface area contributed by atoms with Gasteiger partial charge in [0.1, 0.15) is 5.75 Å². The van der Waals surface area contributed by atoms with Gasteiger partial charge in [0.05, 0.1) is 22.5 Å². The Bertz CT molecular complexity index is 1150. The van der Waals surface area contributed by atoms with Gasteiger partial charge in [-0.3, -0.25) is 9.69 Å². The van der Waals surface area contributed by atoms with Crippen molar-refractivity contribution in [1.82, 2.24) is 0 Å². The van der Waals surface area contributed by atoms with Gasteiger partial charge in [0.25, 0.3) is 5.91 Å². The Labute approximate surface area is 198 Å². The van der Waals surface area contributed by atoms with Gasteiger partial charge in [0.15, 0.2) is 0 Å². The van der Waals surface area contributed by atoms with Gasteiger partial charge in [-0.1, -0.05) is 48.5 Å². The number of ether oxygens (including phenoxy) is 1. The summed E-state index contributed by atoms with van der Waals surface area (Å²) in [6.07, 6.45) is 3.88. The van der Waals surface area contributed by atoms with Gasteiger partial charge in [-0.2, -0.15) is 0 Å². The quantitative estimate of drug-likeness (QED) is 0.246. The summed E-state index contributed by atoms with van der Waals surface area (Å²) in [5.74, 6) is 0.751. The average molecular weight is 572 g/mol. The third kappa shape index (κ3) is 4.23. The zero-order valence-corrected chi connectivity index (χ0v) is 20.1.